The molecule has 0 unspecified atom stereocenters. The van der Waals surface area contributed by atoms with Crippen LogP contribution in [0.15, 0.2) is 30.3 Å². The van der Waals surface area contributed by atoms with Crippen molar-refractivity contribution in [2.75, 3.05) is 19.7 Å². The molecule has 2 saturated heterocycles. The van der Waals surface area contributed by atoms with Crippen LogP contribution in [0.3, 0.4) is 0 Å². The Bertz CT molecular complexity index is 484. The zero-order valence-electron chi connectivity index (χ0n) is 10.6. The van der Waals surface area contributed by atoms with Gasteiger partial charge in [0, 0.05) is 19.0 Å². The third-order valence-corrected chi connectivity index (χ3v) is 4.71. The van der Waals surface area contributed by atoms with Crippen LogP contribution >= 0.6 is 7.91 Å². The van der Waals surface area contributed by atoms with Crippen LogP contribution in [0.5, 0.6) is 0 Å². The van der Waals surface area contributed by atoms with E-state index >= 15 is 0 Å². The highest BCUT2D eigenvalue weighted by atomic mass is 31.2. The summed E-state index contributed by atoms with van der Waals surface area (Å²) in [5.74, 6) is 0.157. The van der Waals surface area contributed by atoms with E-state index in [0.29, 0.717) is 6.54 Å². The molecule has 104 valence electrons. The Balaban J connectivity index is 1.63. The van der Waals surface area contributed by atoms with E-state index in [1.54, 1.807) is 0 Å². The van der Waals surface area contributed by atoms with Gasteiger partial charge in [-0.05, 0) is 18.5 Å². The lowest BCUT2D eigenvalue weighted by Crippen LogP contribution is -2.47. The van der Waals surface area contributed by atoms with E-state index in [2.05, 4.69) is 21.6 Å². The molecule has 0 saturated carbocycles. The molecule has 0 radical (unpaired) electrons. The second-order valence-electron chi connectivity index (χ2n) is 5.14. The van der Waals surface area contributed by atoms with Crippen LogP contribution < -0.4 is 0 Å². The molecule has 6 heteroatoms. The van der Waals surface area contributed by atoms with Gasteiger partial charge >= 0.3 is 7.91 Å². The Kier molecular flexibility index (Phi) is 3.72. The fourth-order valence-electron chi connectivity index (χ4n) is 2.70. The van der Waals surface area contributed by atoms with Crippen molar-refractivity contribution in [3.05, 3.63) is 35.9 Å². The van der Waals surface area contributed by atoms with Gasteiger partial charge in [0.15, 0.2) is 0 Å². The number of likely N-dealkylation sites (tertiary alicyclic amines) is 1. The van der Waals surface area contributed by atoms with Crippen LogP contribution in [0.1, 0.15) is 12.0 Å². The molecule has 2 fully saturated rings. The Labute approximate surface area is 112 Å². The fourth-order valence-corrected chi connectivity index (χ4v) is 3.69. The molecule has 4 nitrogen and oxygen atoms in total. The lowest BCUT2D eigenvalue weighted by atomic mass is 9.94. The van der Waals surface area contributed by atoms with Gasteiger partial charge in [-0.15, -0.1) is 4.20 Å². The summed E-state index contributed by atoms with van der Waals surface area (Å²) >= 11 is 0. The second-order valence-corrected chi connectivity index (χ2v) is 6.47. The zero-order valence-corrected chi connectivity index (χ0v) is 11.5. The van der Waals surface area contributed by atoms with Gasteiger partial charge in [0.1, 0.15) is 0 Å². The zero-order chi connectivity index (χ0) is 13.3. The molecule has 1 aromatic rings. The first-order valence-corrected chi connectivity index (χ1v) is 7.95. The molecule has 2 aliphatic heterocycles. The van der Waals surface area contributed by atoms with Crippen molar-refractivity contribution < 1.29 is 17.8 Å². The molecule has 0 amide bonds. The van der Waals surface area contributed by atoms with E-state index in [4.69, 9.17) is 4.52 Å². The first kappa shape index (κ1) is 13.3. The SMILES string of the molecule is O=[P@@]1(F)OC[C@@H]2CCN(Cc3ccccc3)C[C@H]2O1. The van der Waals surface area contributed by atoms with Gasteiger partial charge in [-0.3, -0.25) is 13.9 Å². The van der Waals surface area contributed by atoms with Gasteiger partial charge in [-0.25, -0.2) is 4.57 Å². The van der Waals surface area contributed by atoms with Crippen molar-refractivity contribution in [3.63, 3.8) is 0 Å². The smallest absolute Gasteiger partial charge is 0.296 e. The Morgan fingerprint density at radius 1 is 1.37 bits per heavy atom. The highest BCUT2D eigenvalue weighted by Crippen LogP contribution is 2.55. The van der Waals surface area contributed by atoms with E-state index in [0.717, 1.165) is 19.5 Å². The van der Waals surface area contributed by atoms with Crippen molar-refractivity contribution >= 4 is 7.91 Å². The van der Waals surface area contributed by atoms with Crippen LogP contribution in [-0.4, -0.2) is 30.7 Å². The number of piperidine rings is 1. The summed E-state index contributed by atoms with van der Waals surface area (Å²) < 4.78 is 34.1. The van der Waals surface area contributed by atoms with Crippen molar-refractivity contribution in [1.82, 2.24) is 4.90 Å². The molecule has 0 bridgehead atoms. The maximum Gasteiger partial charge on any atom is 0.513 e. The van der Waals surface area contributed by atoms with Crippen LogP contribution in [-0.2, 0) is 20.2 Å². The molecular formula is C13H17FNO3P. The van der Waals surface area contributed by atoms with E-state index < -0.39 is 7.91 Å². The summed E-state index contributed by atoms with van der Waals surface area (Å²) in [5, 5.41) is 0. The fraction of sp³-hybridized carbons (Fsp3) is 0.538. The quantitative estimate of drug-likeness (QED) is 0.783. The van der Waals surface area contributed by atoms with Crippen LogP contribution in [0, 0.1) is 5.92 Å². The summed E-state index contributed by atoms with van der Waals surface area (Å²) in [6, 6.07) is 10.1. The molecule has 1 aromatic carbocycles. The third kappa shape index (κ3) is 3.23. The monoisotopic (exact) mass is 285 g/mol. The van der Waals surface area contributed by atoms with Crippen LogP contribution in [0.2, 0.25) is 0 Å². The highest BCUT2D eigenvalue weighted by molar-refractivity contribution is 7.48. The first-order valence-electron chi connectivity index (χ1n) is 6.51. The molecule has 0 aromatic heterocycles. The van der Waals surface area contributed by atoms with Gasteiger partial charge in [-0.2, -0.15) is 0 Å². The van der Waals surface area contributed by atoms with E-state index in [1.165, 1.54) is 5.56 Å². The number of hydrogen-bond acceptors (Lipinski definition) is 4. The lowest BCUT2D eigenvalue weighted by molar-refractivity contribution is -0.0378. The topological polar surface area (TPSA) is 38.8 Å². The minimum Gasteiger partial charge on any atom is -0.296 e. The van der Waals surface area contributed by atoms with Gasteiger partial charge < -0.3 is 0 Å². The number of halogens is 1. The molecule has 2 heterocycles. The van der Waals surface area contributed by atoms with Gasteiger partial charge in [0.05, 0.1) is 12.7 Å². The summed E-state index contributed by atoms with van der Waals surface area (Å²) in [5.41, 5.74) is 1.22. The first-order chi connectivity index (χ1) is 9.12. The molecule has 3 rings (SSSR count). The maximum atomic E-state index is 13.3. The minimum atomic E-state index is -4.31. The van der Waals surface area contributed by atoms with Gasteiger partial charge in [0.2, 0.25) is 0 Å². The summed E-state index contributed by atoms with van der Waals surface area (Å²) in [4.78, 5) is 2.21. The number of rotatable bonds is 2. The van der Waals surface area contributed by atoms with Gasteiger partial charge in [-0.1, -0.05) is 30.3 Å². The largest absolute Gasteiger partial charge is 0.513 e. The van der Waals surface area contributed by atoms with Crippen molar-refractivity contribution in [3.8, 4) is 0 Å². The average Bonchev–Trinajstić information content (AvgIpc) is 2.38. The van der Waals surface area contributed by atoms with Crippen molar-refractivity contribution in [1.29, 1.82) is 0 Å². The maximum absolute atomic E-state index is 13.3. The summed E-state index contributed by atoms with van der Waals surface area (Å²) in [6.45, 7) is 2.55. The van der Waals surface area contributed by atoms with Crippen LogP contribution in [0.25, 0.3) is 0 Å². The Morgan fingerprint density at radius 3 is 2.95 bits per heavy atom. The number of hydrogen-bond donors (Lipinski definition) is 0. The predicted molar refractivity (Wildman–Crippen MR) is 69.4 cm³/mol. The van der Waals surface area contributed by atoms with Crippen molar-refractivity contribution in [2.45, 2.75) is 19.1 Å². The number of fused-ring (bicyclic) bond motifs is 1. The molecule has 2 aliphatic rings. The third-order valence-electron chi connectivity index (χ3n) is 3.73. The molecule has 3 atom stereocenters. The predicted octanol–water partition coefficient (Wildman–Crippen LogP) is 3.00. The normalized spacial score (nSPS) is 35.8. The Morgan fingerprint density at radius 2 is 2.16 bits per heavy atom. The molecular weight excluding hydrogens is 268 g/mol. The standard InChI is InChI=1S/C13H17FNO3P/c14-19(16)17-10-12-6-7-15(9-13(12)18-19)8-11-4-2-1-3-5-11/h1-5,12-13H,6-10H2/t12-,13+,19-/m0/s1. The minimum absolute atomic E-state index is 0.157. The number of nitrogens with zero attached hydrogens (tertiary/aromatic N) is 1. The average molecular weight is 285 g/mol. The summed E-state index contributed by atoms with van der Waals surface area (Å²) in [7, 11) is -4.31. The molecule has 0 aliphatic carbocycles. The van der Waals surface area contributed by atoms with E-state index in [9.17, 15) is 8.76 Å². The summed E-state index contributed by atoms with van der Waals surface area (Å²) in [6.07, 6.45) is 0.569. The highest BCUT2D eigenvalue weighted by Gasteiger charge is 2.42. The van der Waals surface area contributed by atoms with Crippen LogP contribution in [0.4, 0.5) is 4.20 Å². The van der Waals surface area contributed by atoms with Gasteiger partial charge in [0.25, 0.3) is 0 Å². The molecule has 19 heavy (non-hydrogen) atoms. The number of benzene rings is 1. The molecule has 0 N–H and O–H groups in total. The Hall–Kier alpha value is -0.740. The van der Waals surface area contributed by atoms with E-state index in [-0.39, 0.29) is 18.6 Å². The second kappa shape index (κ2) is 5.33. The van der Waals surface area contributed by atoms with Crippen molar-refractivity contribution in [2.24, 2.45) is 5.92 Å². The van der Waals surface area contributed by atoms with E-state index in [1.807, 2.05) is 18.2 Å². The molecule has 0 spiro atoms. The lowest BCUT2D eigenvalue weighted by Gasteiger charge is -2.40.